The van der Waals surface area contributed by atoms with E-state index in [4.69, 9.17) is 4.74 Å². The van der Waals surface area contributed by atoms with Crippen molar-refractivity contribution >= 4 is 11.8 Å². The van der Waals surface area contributed by atoms with E-state index in [2.05, 4.69) is 37.3 Å². The number of hydrogen-bond donors (Lipinski definition) is 0. The second-order valence-corrected chi connectivity index (χ2v) is 4.74. The molecule has 0 N–H and O–H groups in total. The standard InChI is InChI=1S/C14H14OS/c1-11-6-8-13(9-7-11)16-14-5-3-4-12(10-14)15-2/h3-10H,1-2H3. The Morgan fingerprint density at radius 3 is 2.38 bits per heavy atom. The van der Waals surface area contributed by atoms with Gasteiger partial charge in [0.25, 0.3) is 0 Å². The summed E-state index contributed by atoms with van der Waals surface area (Å²) >= 11 is 1.75. The molecule has 1 nitrogen and oxygen atoms in total. The van der Waals surface area contributed by atoms with Crippen molar-refractivity contribution in [3.05, 3.63) is 54.1 Å². The van der Waals surface area contributed by atoms with Crippen LogP contribution in [0.2, 0.25) is 0 Å². The highest BCUT2D eigenvalue weighted by Crippen LogP contribution is 2.29. The number of benzene rings is 2. The monoisotopic (exact) mass is 230 g/mol. The molecule has 0 amide bonds. The first-order chi connectivity index (χ1) is 7.78. The molecule has 0 saturated carbocycles. The largest absolute Gasteiger partial charge is 0.497 e. The van der Waals surface area contributed by atoms with Crippen LogP contribution in [-0.4, -0.2) is 7.11 Å². The Balaban J connectivity index is 2.16. The molecule has 0 fully saturated rings. The van der Waals surface area contributed by atoms with Gasteiger partial charge in [-0.25, -0.2) is 0 Å². The Morgan fingerprint density at radius 2 is 1.69 bits per heavy atom. The zero-order valence-corrected chi connectivity index (χ0v) is 10.3. The smallest absolute Gasteiger partial charge is 0.119 e. The SMILES string of the molecule is COc1cccc(Sc2ccc(C)cc2)c1. The van der Waals surface area contributed by atoms with Crippen LogP contribution in [-0.2, 0) is 0 Å². The van der Waals surface area contributed by atoms with Crippen molar-refractivity contribution in [1.82, 2.24) is 0 Å². The number of ether oxygens (including phenoxy) is 1. The molecule has 2 heteroatoms. The van der Waals surface area contributed by atoms with Gasteiger partial charge in [0.15, 0.2) is 0 Å². The molecule has 82 valence electrons. The Hall–Kier alpha value is -1.41. The fraction of sp³-hybridized carbons (Fsp3) is 0.143. The lowest BCUT2D eigenvalue weighted by Crippen LogP contribution is -1.82. The van der Waals surface area contributed by atoms with Gasteiger partial charge in [0.05, 0.1) is 7.11 Å². The van der Waals surface area contributed by atoms with Crippen molar-refractivity contribution < 1.29 is 4.74 Å². The molecule has 0 aromatic heterocycles. The normalized spacial score (nSPS) is 10.1. The molecule has 0 atom stereocenters. The first kappa shape index (κ1) is 11.1. The number of aryl methyl sites for hydroxylation is 1. The molecule has 2 aromatic rings. The molecule has 0 aliphatic rings. The minimum atomic E-state index is 0.900. The maximum atomic E-state index is 5.20. The quantitative estimate of drug-likeness (QED) is 0.783. The highest BCUT2D eigenvalue weighted by Gasteiger charge is 1.98. The molecule has 2 aromatic carbocycles. The predicted molar refractivity (Wildman–Crippen MR) is 68.3 cm³/mol. The van der Waals surface area contributed by atoms with E-state index < -0.39 is 0 Å². The summed E-state index contributed by atoms with van der Waals surface area (Å²) in [5, 5.41) is 0. The van der Waals surface area contributed by atoms with Gasteiger partial charge < -0.3 is 4.74 Å². The number of hydrogen-bond acceptors (Lipinski definition) is 2. The lowest BCUT2D eigenvalue weighted by atomic mass is 10.2. The van der Waals surface area contributed by atoms with E-state index in [-0.39, 0.29) is 0 Å². The highest BCUT2D eigenvalue weighted by molar-refractivity contribution is 7.99. The molecule has 0 aliphatic carbocycles. The van der Waals surface area contributed by atoms with Crippen LogP contribution in [0.3, 0.4) is 0 Å². The summed E-state index contributed by atoms with van der Waals surface area (Å²) in [6.07, 6.45) is 0. The minimum Gasteiger partial charge on any atom is -0.497 e. The van der Waals surface area contributed by atoms with Gasteiger partial charge in [-0.05, 0) is 37.3 Å². The molecule has 0 saturated heterocycles. The molecule has 0 bridgehead atoms. The Kier molecular flexibility index (Phi) is 3.52. The summed E-state index contributed by atoms with van der Waals surface area (Å²) in [6.45, 7) is 2.10. The Morgan fingerprint density at radius 1 is 0.938 bits per heavy atom. The third-order valence-corrected chi connectivity index (χ3v) is 3.30. The molecule has 0 heterocycles. The van der Waals surface area contributed by atoms with Gasteiger partial charge in [0, 0.05) is 9.79 Å². The van der Waals surface area contributed by atoms with Gasteiger partial charge in [-0.2, -0.15) is 0 Å². The van der Waals surface area contributed by atoms with Crippen molar-refractivity contribution in [3.63, 3.8) is 0 Å². The van der Waals surface area contributed by atoms with E-state index in [0.29, 0.717) is 0 Å². The summed E-state index contributed by atoms with van der Waals surface area (Å²) in [6, 6.07) is 16.6. The summed E-state index contributed by atoms with van der Waals surface area (Å²) in [5.74, 6) is 0.900. The van der Waals surface area contributed by atoms with Crippen molar-refractivity contribution in [2.75, 3.05) is 7.11 Å². The first-order valence-corrected chi connectivity index (χ1v) is 5.98. The molecule has 0 radical (unpaired) electrons. The van der Waals surface area contributed by atoms with Gasteiger partial charge >= 0.3 is 0 Å². The van der Waals surface area contributed by atoms with Crippen LogP contribution < -0.4 is 4.74 Å². The van der Waals surface area contributed by atoms with E-state index in [1.54, 1.807) is 18.9 Å². The molecular formula is C14H14OS. The topological polar surface area (TPSA) is 9.23 Å². The molecule has 2 rings (SSSR count). The van der Waals surface area contributed by atoms with Gasteiger partial charge in [-0.15, -0.1) is 0 Å². The lowest BCUT2D eigenvalue weighted by molar-refractivity contribution is 0.413. The predicted octanol–water partition coefficient (Wildman–Crippen LogP) is 4.15. The van der Waals surface area contributed by atoms with E-state index in [9.17, 15) is 0 Å². The summed E-state index contributed by atoms with van der Waals surface area (Å²) in [4.78, 5) is 2.45. The van der Waals surface area contributed by atoms with E-state index in [0.717, 1.165) is 5.75 Å². The van der Waals surface area contributed by atoms with Gasteiger partial charge in [0.2, 0.25) is 0 Å². The van der Waals surface area contributed by atoms with Gasteiger partial charge in [-0.3, -0.25) is 0 Å². The van der Waals surface area contributed by atoms with Crippen molar-refractivity contribution in [1.29, 1.82) is 0 Å². The molecule has 0 aliphatic heterocycles. The van der Waals surface area contributed by atoms with Crippen LogP contribution in [0.5, 0.6) is 5.75 Å². The number of methoxy groups -OCH3 is 1. The van der Waals surface area contributed by atoms with Crippen LogP contribution >= 0.6 is 11.8 Å². The van der Waals surface area contributed by atoms with Crippen LogP contribution in [0.1, 0.15) is 5.56 Å². The molecule has 16 heavy (non-hydrogen) atoms. The third kappa shape index (κ3) is 2.80. The minimum absolute atomic E-state index is 0.900. The average Bonchev–Trinajstić information content (AvgIpc) is 2.32. The van der Waals surface area contributed by atoms with Gasteiger partial charge in [0.1, 0.15) is 5.75 Å². The Labute approximate surface area is 100 Å². The van der Waals surface area contributed by atoms with E-state index >= 15 is 0 Å². The zero-order valence-electron chi connectivity index (χ0n) is 9.44. The summed E-state index contributed by atoms with van der Waals surface area (Å²) < 4.78 is 5.20. The molecule has 0 spiro atoms. The number of rotatable bonds is 3. The van der Waals surface area contributed by atoms with E-state index in [1.165, 1.54) is 15.4 Å². The second-order valence-electron chi connectivity index (χ2n) is 3.59. The molecule has 0 unspecified atom stereocenters. The fourth-order valence-corrected chi connectivity index (χ4v) is 2.27. The maximum absolute atomic E-state index is 5.20. The summed E-state index contributed by atoms with van der Waals surface area (Å²) in [5.41, 5.74) is 1.29. The lowest BCUT2D eigenvalue weighted by Gasteiger charge is -2.04. The van der Waals surface area contributed by atoms with Crippen LogP contribution in [0.25, 0.3) is 0 Å². The molecular weight excluding hydrogens is 216 g/mol. The summed E-state index contributed by atoms with van der Waals surface area (Å²) in [7, 11) is 1.69. The zero-order chi connectivity index (χ0) is 11.4. The second kappa shape index (κ2) is 5.08. The average molecular weight is 230 g/mol. The Bertz CT molecular complexity index is 462. The highest BCUT2D eigenvalue weighted by atomic mass is 32.2. The van der Waals surface area contributed by atoms with Gasteiger partial charge in [-0.1, -0.05) is 35.5 Å². The third-order valence-electron chi connectivity index (χ3n) is 2.30. The van der Waals surface area contributed by atoms with Crippen LogP contribution in [0, 0.1) is 6.92 Å². The maximum Gasteiger partial charge on any atom is 0.119 e. The van der Waals surface area contributed by atoms with Crippen LogP contribution in [0.4, 0.5) is 0 Å². The fourth-order valence-electron chi connectivity index (χ4n) is 1.41. The van der Waals surface area contributed by atoms with E-state index in [1.807, 2.05) is 18.2 Å². The van der Waals surface area contributed by atoms with Crippen molar-refractivity contribution in [3.8, 4) is 5.75 Å². The van der Waals surface area contributed by atoms with Crippen molar-refractivity contribution in [2.24, 2.45) is 0 Å². The first-order valence-electron chi connectivity index (χ1n) is 5.16. The van der Waals surface area contributed by atoms with Crippen LogP contribution in [0.15, 0.2) is 58.3 Å². The van der Waals surface area contributed by atoms with Crippen molar-refractivity contribution in [2.45, 2.75) is 16.7 Å².